The molecule has 122 valence electrons. The summed E-state index contributed by atoms with van der Waals surface area (Å²) in [6, 6.07) is 8.01. The number of aliphatic hydroxyl groups is 1. The van der Waals surface area contributed by atoms with Gasteiger partial charge in [-0.05, 0) is 49.8 Å². The molecule has 0 saturated carbocycles. The molecule has 0 radical (unpaired) electrons. The molecular formula is C17H26N2O2S. The molecule has 0 aliphatic carbocycles. The highest BCUT2D eigenvalue weighted by Gasteiger charge is 2.18. The molecular weight excluding hydrogens is 296 g/mol. The second kappa shape index (κ2) is 8.44. The minimum Gasteiger partial charge on any atom is -0.393 e. The monoisotopic (exact) mass is 322 g/mol. The van der Waals surface area contributed by atoms with Gasteiger partial charge in [0.25, 0.3) is 5.91 Å². The van der Waals surface area contributed by atoms with Crippen molar-refractivity contribution in [3.63, 3.8) is 0 Å². The summed E-state index contributed by atoms with van der Waals surface area (Å²) in [5.74, 6) is 0.942. The normalized spacial score (nSPS) is 17.3. The van der Waals surface area contributed by atoms with Crippen molar-refractivity contribution in [1.29, 1.82) is 0 Å². The van der Waals surface area contributed by atoms with Crippen LogP contribution in [-0.2, 0) is 0 Å². The number of piperidine rings is 1. The Labute approximate surface area is 137 Å². The first-order valence-corrected chi connectivity index (χ1v) is 9.36. The Morgan fingerprint density at radius 3 is 2.55 bits per heavy atom. The summed E-state index contributed by atoms with van der Waals surface area (Å²) < 4.78 is 0. The van der Waals surface area contributed by atoms with Gasteiger partial charge in [0.1, 0.15) is 0 Å². The summed E-state index contributed by atoms with van der Waals surface area (Å²) >= 11 is 1.75. The van der Waals surface area contributed by atoms with Gasteiger partial charge < -0.3 is 15.3 Å². The third-order valence-corrected chi connectivity index (χ3v) is 4.89. The maximum Gasteiger partial charge on any atom is 0.251 e. The number of anilines is 1. The minimum atomic E-state index is -0.163. The maximum absolute atomic E-state index is 12.3. The summed E-state index contributed by atoms with van der Waals surface area (Å²) in [6.45, 7) is 3.84. The van der Waals surface area contributed by atoms with Gasteiger partial charge in [0, 0.05) is 36.1 Å². The molecule has 1 aliphatic heterocycles. The summed E-state index contributed by atoms with van der Waals surface area (Å²) in [5, 5.41) is 12.6. The smallest absolute Gasteiger partial charge is 0.251 e. The number of nitrogens with one attached hydrogen (secondary N) is 1. The second-order valence-corrected chi connectivity index (χ2v) is 6.71. The van der Waals surface area contributed by atoms with E-state index in [2.05, 4.69) is 23.4 Å². The van der Waals surface area contributed by atoms with Crippen LogP contribution in [0.4, 0.5) is 5.69 Å². The Balaban J connectivity index is 1.94. The standard InChI is InChI=1S/C17H26N2O2S/c1-3-14(12-22-2)18-17(21)13-4-6-15(7-5-13)19-10-8-16(20)9-11-19/h4-7,14,16,20H,3,8-12H2,1-2H3,(H,18,21). The first kappa shape index (κ1) is 17.2. The van der Waals surface area contributed by atoms with Crippen molar-refractivity contribution < 1.29 is 9.90 Å². The molecule has 5 heteroatoms. The Morgan fingerprint density at radius 1 is 1.36 bits per heavy atom. The molecule has 4 nitrogen and oxygen atoms in total. The number of nitrogens with zero attached hydrogens (tertiary/aromatic N) is 1. The molecule has 0 bridgehead atoms. The van der Waals surface area contributed by atoms with E-state index in [1.807, 2.05) is 24.3 Å². The summed E-state index contributed by atoms with van der Waals surface area (Å²) in [4.78, 5) is 14.5. The summed E-state index contributed by atoms with van der Waals surface area (Å²) in [7, 11) is 0. The van der Waals surface area contributed by atoms with E-state index in [4.69, 9.17) is 0 Å². The molecule has 2 rings (SSSR count). The van der Waals surface area contributed by atoms with E-state index in [-0.39, 0.29) is 18.1 Å². The number of aliphatic hydroxyl groups excluding tert-OH is 1. The number of hydrogen-bond acceptors (Lipinski definition) is 4. The van der Waals surface area contributed by atoms with Gasteiger partial charge in [-0.2, -0.15) is 11.8 Å². The molecule has 1 amide bonds. The first-order chi connectivity index (χ1) is 10.6. The highest BCUT2D eigenvalue weighted by Crippen LogP contribution is 2.20. The summed E-state index contributed by atoms with van der Waals surface area (Å²) in [5.41, 5.74) is 1.83. The van der Waals surface area contributed by atoms with Crippen molar-refractivity contribution in [2.24, 2.45) is 0 Å². The van der Waals surface area contributed by atoms with Crippen molar-refractivity contribution >= 4 is 23.4 Å². The van der Waals surface area contributed by atoms with E-state index in [0.717, 1.165) is 43.8 Å². The van der Waals surface area contributed by atoms with Crippen LogP contribution in [0.15, 0.2) is 24.3 Å². The average molecular weight is 322 g/mol. The fraction of sp³-hybridized carbons (Fsp3) is 0.588. The SMILES string of the molecule is CCC(CSC)NC(=O)c1ccc(N2CCC(O)CC2)cc1. The van der Waals surface area contributed by atoms with Crippen molar-refractivity contribution in [2.75, 3.05) is 30.0 Å². The Morgan fingerprint density at radius 2 is 2.00 bits per heavy atom. The Bertz CT molecular complexity index is 470. The summed E-state index contributed by atoms with van der Waals surface area (Å²) in [6.07, 6.45) is 4.47. The number of carbonyl (C=O) groups excluding carboxylic acids is 1. The van der Waals surface area contributed by atoms with E-state index in [1.54, 1.807) is 11.8 Å². The zero-order chi connectivity index (χ0) is 15.9. The van der Waals surface area contributed by atoms with Gasteiger partial charge in [-0.15, -0.1) is 0 Å². The largest absolute Gasteiger partial charge is 0.393 e. The van der Waals surface area contributed by atoms with E-state index in [1.165, 1.54) is 0 Å². The molecule has 0 spiro atoms. The number of benzene rings is 1. The van der Waals surface area contributed by atoms with Crippen LogP contribution in [0.2, 0.25) is 0 Å². The average Bonchev–Trinajstić information content (AvgIpc) is 2.55. The van der Waals surface area contributed by atoms with Crippen LogP contribution in [0.5, 0.6) is 0 Å². The van der Waals surface area contributed by atoms with Gasteiger partial charge in [-0.25, -0.2) is 0 Å². The molecule has 22 heavy (non-hydrogen) atoms. The Kier molecular flexibility index (Phi) is 6.58. The molecule has 0 aromatic heterocycles. The van der Waals surface area contributed by atoms with Crippen molar-refractivity contribution in [3.8, 4) is 0 Å². The molecule has 1 atom stereocenters. The van der Waals surface area contributed by atoms with Crippen LogP contribution < -0.4 is 10.2 Å². The molecule has 1 aromatic carbocycles. The van der Waals surface area contributed by atoms with Crippen molar-refractivity contribution in [2.45, 2.75) is 38.3 Å². The third-order valence-electron chi connectivity index (χ3n) is 4.15. The highest BCUT2D eigenvalue weighted by atomic mass is 32.2. The zero-order valence-corrected chi connectivity index (χ0v) is 14.2. The van der Waals surface area contributed by atoms with E-state index in [0.29, 0.717) is 5.56 Å². The predicted molar refractivity (Wildman–Crippen MR) is 93.8 cm³/mol. The van der Waals surface area contributed by atoms with Crippen LogP contribution in [0.3, 0.4) is 0 Å². The van der Waals surface area contributed by atoms with Gasteiger partial charge in [-0.1, -0.05) is 6.92 Å². The molecule has 1 heterocycles. The van der Waals surface area contributed by atoms with E-state index < -0.39 is 0 Å². The second-order valence-electron chi connectivity index (χ2n) is 5.80. The highest BCUT2D eigenvalue weighted by molar-refractivity contribution is 7.98. The number of hydrogen-bond donors (Lipinski definition) is 2. The Hall–Kier alpha value is -1.20. The third kappa shape index (κ3) is 4.65. The van der Waals surface area contributed by atoms with Crippen LogP contribution in [0, 0.1) is 0 Å². The van der Waals surface area contributed by atoms with Crippen molar-refractivity contribution in [1.82, 2.24) is 5.32 Å². The van der Waals surface area contributed by atoms with Gasteiger partial charge in [-0.3, -0.25) is 4.79 Å². The molecule has 1 saturated heterocycles. The quantitative estimate of drug-likeness (QED) is 0.845. The van der Waals surface area contributed by atoms with Crippen LogP contribution in [-0.4, -0.2) is 48.3 Å². The minimum absolute atomic E-state index is 0.00140. The zero-order valence-electron chi connectivity index (χ0n) is 13.4. The lowest BCUT2D eigenvalue weighted by atomic mass is 10.1. The van der Waals surface area contributed by atoms with Gasteiger partial charge in [0.15, 0.2) is 0 Å². The van der Waals surface area contributed by atoms with Crippen molar-refractivity contribution in [3.05, 3.63) is 29.8 Å². The fourth-order valence-corrected chi connectivity index (χ4v) is 3.40. The number of rotatable bonds is 6. The van der Waals surface area contributed by atoms with Crippen LogP contribution >= 0.6 is 11.8 Å². The van der Waals surface area contributed by atoms with E-state index >= 15 is 0 Å². The van der Waals surface area contributed by atoms with Gasteiger partial charge in [0.05, 0.1) is 6.10 Å². The predicted octanol–water partition coefficient (Wildman–Crippen LogP) is 2.52. The topological polar surface area (TPSA) is 52.6 Å². The number of amides is 1. The van der Waals surface area contributed by atoms with Gasteiger partial charge in [0.2, 0.25) is 0 Å². The molecule has 1 aliphatic rings. The molecule has 1 fully saturated rings. The van der Waals surface area contributed by atoms with Gasteiger partial charge >= 0.3 is 0 Å². The first-order valence-electron chi connectivity index (χ1n) is 7.97. The lowest BCUT2D eigenvalue weighted by Gasteiger charge is -2.31. The van der Waals surface area contributed by atoms with E-state index in [9.17, 15) is 9.90 Å². The molecule has 1 unspecified atom stereocenters. The number of thioether (sulfide) groups is 1. The van der Waals surface area contributed by atoms with Crippen LogP contribution in [0.1, 0.15) is 36.5 Å². The molecule has 1 aromatic rings. The number of carbonyl (C=O) groups is 1. The fourth-order valence-electron chi connectivity index (χ4n) is 2.68. The molecule has 2 N–H and O–H groups in total. The maximum atomic E-state index is 12.3. The lowest BCUT2D eigenvalue weighted by Crippen LogP contribution is -2.36. The lowest BCUT2D eigenvalue weighted by molar-refractivity contribution is 0.0940. The van der Waals surface area contributed by atoms with Crippen LogP contribution in [0.25, 0.3) is 0 Å².